The van der Waals surface area contributed by atoms with Gasteiger partial charge in [-0.2, -0.15) is 0 Å². The van der Waals surface area contributed by atoms with Crippen molar-refractivity contribution >= 4 is 22.6 Å². The molecule has 0 atom stereocenters. The first-order chi connectivity index (χ1) is 5.42. The summed E-state index contributed by atoms with van der Waals surface area (Å²) in [6.45, 7) is 0. The van der Waals surface area contributed by atoms with Crippen LogP contribution in [-0.2, 0) is 5.88 Å². The van der Waals surface area contributed by atoms with Crippen LogP contribution in [0.5, 0.6) is 0 Å². The molecule has 0 saturated heterocycles. The lowest BCUT2D eigenvalue weighted by molar-refractivity contribution is 1.32. The number of aromatic nitrogens is 2. The molecule has 2 nitrogen and oxygen atoms in total. The van der Waals surface area contributed by atoms with E-state index in [1.54, 1.807) is 6.20 Å². The molecule has 56 valence electrons. The molecule has 0 amide bonds. The molecule has 0 aliphatic carbocycles. The predicted molar refractivity (Wildman–Crippen MR) is 45.7 cm³/mol. The molecule has 1 N–H and O–H groups in total. The molecule has 0 spiro atoms. The zero-order valence-electron chi connectivity index (χ0n) is 5.84. The first-order valence-corrected chi connectivity index (χ1v) is 3.92. The van der Waals surface area contributed by atoms with Crippen molar-refractivity contribution in [3.8, 4) is 0 Å². The summed E-state index contributed by atoms with van der Waals surface area (Å²) in [6, 6.07) is 3.92. The molecule has 0 aliphatic rings. The van der Waals surface area contributed by atoms with Crippen molar-refractivity contribution in [3.05, 3.63) is 30.1 Å². The topological polar surface area (TPSA) is 28.7 Å². The van der Waals surface area contributed by atoms with Crippen LogP contribution in [0.2, 0.25) is 0 Å². The van der Waals surface area contributed by atoms with Gasteiger partial charge in [0.2, 0.25) is 0 Å². The van der Waals surface area contributed by atoms with Crippen molar-refractivity contribution in [2.24, 2.45) is 0 Å². The number of aromatic amines is 1. The minimum Gasteiger partial charge on any atom is -0.346 e. The van der Waals surface area contributed by atoms with Gasteiger partial charge >= 0.3 is 0 Å². The van der Waals surface area contributed by atoms with E-state index in [9.17, 15) is 0 Å². The Balaban J connectivity index is 2.76. The molecule has 11 heavy (non-hydrogen) atoms. The summed E-state index contributed by atoms with van der Waals surface area (Å²) in [5, 5.41) is 1.11. The number of fused-ring (bicyclic) bond motifs is 1. The van der Waals surface area contributed by atoms with E-state index in [2.05, 4.69) is 9.97 Å². The van der Waals surface area contributed by atoms with E-state index in [1.807, 2.05) is 18.3 Å². The molecule has 0 aliphatic heterocycles. The van der Waals surface area contributed by atoms with Crippen molar-refractivity contribution in [1.82, 2.24) is 9.97 Å². The van der Waals surface area contributed by atoms with Gasteiger partial charge in [-0.15, -0.1) is 11.6 Å². The molecule has 3 heteroatoms. The zero-order valence-corrected chi connectivity index (χ0v) is 6.60. The maximum atomic E-state index is 5.70. The second kappa shape index (κ2) is 2.55. The van der Waals surface area contributed by atoms with Crippen LogP contribution in [-0.4, -0.2) is 9.97 Å². The fourth-order valence-electron chi connectivity index (χ4n) is 1.12. The van der Waals surface area contributed by atoms with Gasteiger partial charge in [0.15, 0.2) is 0 Å². The lowest BCUT2D eigenvalue weighted by Gasteiger charge is -1.88. The van der Waals surface area contributed by atoms with E-state index in [0.29, 0.717) is 5.88 Å². The molecule has 0 fully saturated rings. The second-order valence-electron chi connectivity index (χ2n) is 2.35. The first kappa shape index (κ1) is 6.68. The number of hydrogen-bond acceptors (Lipinski definition) is 1. The van der Waals surface area contributed by atoms with Gasteiger partial charge < -0.3 is 4.98 Å². The Labute approximate surface area is 69.2 Å². The molecule has 2 rings (SSSR count). The predicted octanol–water partition coefficient (Wildman–Crippen LogP) is 2.30. The number of alkyl halides is 1. The molecule has 0 saturated carbocycles. The van der Waals surface area contributed by atoms with Crippen LogP contribution in [0.3, 0.4) is 0 Å². The third-order valence-electron chi connectivity index (χ3n) is 1.68. The van der Waals surface area contributed by atoms with Crippen LogP contribution < -0.4 is 0 Å². The SMILES string of the molecule is ClCc1c[nH]c2ncccc12. The Kier molecular flexibility index (Phi) is 1.55. The van der Waals surface area contributed by atoms with E-state index in [4.69, 9.17) is 11.6 Å². The van der Waals surface area contributed by atoms with E-state index >= 15 is 0 Å². The summed E-state index contributed by atoms with van der Waals surface area (Å²) >= 11 is 5.70. The van der Waals surface area contributed by atoms with Gasteiger partial charge in [0.1, 0.15) is 5.65 Å². The van der Waals surface area contributed by atoms with Gasteiger partial charge in [0.05, 0.1) is 0 Å². The molecule has 2 aromatic heterocycles. The van der Waals surface area contributed by atoms with E-state index in [1.165, 1.54) is 0 Å². The van der Waals surface area contributed by atoms with Crippen LogP contribution in [0.15, 0.2) is 24.5 Å². The van der Waals surface area contributed by atoms with Gasteiger partial charge in [-0.3, -0.25) is 0 Å². The summed E-state index contributed by atoms with van der Waals surface area (Å²) < 4.78 is 0. The number of nitrogens with zero attached hydrogens (tertiary/aromatic N) is 1. The Morgan fingerprint density at radius 3 is 3.27 bits per heavy atom. The number of nitrogens with one attached hydrogen (secondary N) is 1. The largest absolute Gasteiger partial charge is 0.346 e. The summed E-state index contributed by atoms with van der Waals surface area (Å²) in [6.07, 6.45) is 3.65. The fourth-order valence-corrected chi connectivity index (χ4v) is 1.34. The van der Waals surface area contributed by atoms with Crippen molar-refractivity contribution in [1.29, 1.82) is 0 Å². The molecule has 2 heterocycles. The summed E-state index contributed by atoms with van der Waals surface area (Å²) in [5.41, 5.74) is 2.01. The monoisotopic (exact) mass is 166 g/mol. The number of halogens is 1. The molecule has 0 bridgehead atoms. The summed E-state index contributed by atoms with van der Waals surface area (Å²) in [5.74, 6) is 0.533. The lowest BCUT2D eigenvalue weighted by Crippen LogP contribution is -1.74. The quantitative estimate of drug-likeness (QED) is 0.647. The van der Waals surface area contributed by atoms with Gasteiger partial charge in [0.25, 0.3) is 0 Å². The highest BCUT2D eigenvalue weighted by molar-refractivity contribution is 6.17. The van der Waals surface area contributed by atoms with Crippen LogP contribution in [0.4, 0.5) is 0 Å². The van der Waals surface area contributed by atoms with Gasteiger partial charge in [0, 0.05) is 23.7 Å². The van der Waals surface area contributed by atoms with Crippen molar-refractivity contribution in [2.45, 2.75) is 5.88 Å². The Hall–Kier alpha value is -1.02. The second-order valence-corrected chi connectivity index (χ2v) is 2.61. The highest BCUT2D eigenvalue weighted by Crippen LogP contribution is 2.16. The molecular formula is C8H7ClN2. The Morgan fingerprint density at radius 1 is 1.55 bits per heavy atom. The summed E-state index contributed by atoms with van der Waals surface area (Å²) in [4.78, 5) is 7.18. The van der Waals surface area contributed by atoms with Crippen LogP contribution in [0, 0.1) is 0 Å². The van der Waals surface area contributed by atoms with Gasteiger partial charge in [-0.05, 0) is 17.7 Å². The minimum absolute atomic E-state index is 0.533. The van der Waals surface area contributed by atoms with Crippen LogP contribution >= 0.6 is 11.6 Å². The molecule has 0 aromatic carbocycles. The maximum absolute atomic E-state index is 5.70. The summed E-state index contributed by atoms with van der Waals surface area (Å²) in [7, 11) is 0. The van der Waals surface area contributed by atoms with E-state index < -0.39 is 0 Å². The smallest absolute Gasteiger partial charge is 0.137 e. The van der Waals surface area contributed by atoms with Gasteiger partial charge in [-0.25, -0.2) is 4.98 Å². The molecule has 0 unspecified atom stereocenters. The number of pyridine rings is 1. The third-order valence-corrected chi connectivity index (χ3v) is 1.97. The highest BCUT2D eigenvalue weighted by atomic mass is 35.5. The maximum Gasteiger partial charge on any atom is 0.137 e. The molecule has 0 radical (unpaired) electrons. The van der Waals surface area contributed by atoms with Crippen molar-refractivity contribution in [3.63, 3.8) is 0 Å². The Morgan fingerprint density at radius 2 is 2.45 bits per heavy atom. The highest BCUT2D eigenvalue weighted by Gasteiger charge is 2.00. The minimum atomic E-state index is 0.533. The Bertz CT molecular complexity index is 367. The van der Waals surface area contributed by atoms with Crippen molar-refractivity contribution < 1.29 is 0 Å². The normalized spacial score (nSPS) is 10.6. The fraction of sp³-hybridized carbons (Fsp3) is 0.125. The van der Waals surface area contributed by atoms with Crippen LogP contribution in [0.25, 0.3) is 11.0 Å². The molecule has 2 aromatic rings. The number of H-pyrrole nitrogens is 1. The molecular weight excluding hydrogens is 160 g/mol. The lowest BCUT2D eigenvalue weighted by atomic mass is 10.2. The average Bonchev–Trinajstić information content (AvgIpc) is 2.47. The standard InChI is InChI=1S/C8H7ClN2/c9-4-6-5-11-8-7(6)2-1-3-10-8/h1-3,5H,4H2,(H,10,11). The van der Waals surface area contributed by atoms with Crippen LogP contribution in [0.1, 0.15) is 5.56 Å². The first-order valence-electron chi connectivity index (χ1n) is 3.39. The van der Waals surface area contributed by atoms with E-state index in [0.717, 1.165) is 16.6 Å². The number of rotatable bonds is 1. The van der Waals surface area contributed by atoms with Gasteiger partial charge in [-0.1, -0.05) is 0 Å². The van der Waals surface area contributed by atoms with E-state index in [-0.39, 0.29) is 0 Å². The zero-order chi connectivity index (χ0) is 7.68. The number of hydrogen-bond donors (Lipinski definition) is 1. The van der Waals surface area contributed by atoms with Crippen molar-refractivity contribution in [2.75, 3.05) is 0 Å². The third kappa shape index (κ3) is 0.994. The average molecular weight is 167 g/mol.